The van der Waals surface area contributed by atoms with Gasteiger partial charge in [0.2, 0.25) is 10.0 Å². The van der Waals surface area contributed by atoms with E-state index in [0.29, 0.717) is 5.56 Å². The quantitative estimate of drug-likeness (QED) is 0.611. The van der Waals surface area contributed by atoms with Gasteiger partial charge < -0.3 is 14.2 Å². The smallest absolute Gasteiger partial charge is 0.387 e. The van der Waals surface area contributed by atoms with Crippen LogP contribution in [0.25, 0.3) is 0 Å². The van der Waals surface area contributed by atoms with Crippen molar-refractivity contribution in [2.24, 2.45) is 0 Å². The van der Waals surface area contributed by atoms with Crippen molar-refractivity contribution >= 4 is 27.3 Å². The summed E-state index contributed by atoms with van der Waals surface area (Å²) in [5, 5.41) is 1.50. The lowest BCUT2D eigenvalue weighted by Crippen LogP contribution is -2.26. The summed E-state index contributed by atoms with van der Waals surface area (Å²) in [5.74, 6) is -0.884. The van der Waals surface area contributed by atoms with Crippen LogP contribution in [0, 0.1) is 0 Å². The Bertz CT molecular complexity index is 956. The van der Waals surface area contributed by atoms with Crippen LogP contribution >= 0.6 is 11.3 Å². The summed E-state index contributed by atoms with van der Waals surface area (Å²) in [6, 6.07) is 5.37. The van der Waals surface area contributed by atoms with Crippen molar-refractivity contribution in [1.29, 1.82) is 0 Å². The molecule has 1 aliphatic carbocycles. The molecule has 1 aliphatic rings. The second kappa shape index (κ2) is 8.41. The molecule has 1 fully saturated rings. The van der Waals surface area contributed by atoms with E-state index in [9.17, 15) is 22.0 Å². The van der Waals surface area contributed by atoms with E-state index in [2.05, 4.69) is 9.46 Å². The van der Waals surface area contributed by atoms with Gasteiger partial charge in [0.1, 0.15) is 16.4 Å². The molecule has 28 heavy (non-hydrogen) atoms. The van der Waals surface area contributed by atoms with Gasteiger partial charge in [-0.1, -0.05) is 6.07 Å². The Labute approximate surface area is 164 Å². The molecule has 11 heteroatoms. The fourth-order valence-electron chi connectivity index (χ4n) is 2.35. The lowest BCUT2D eigenvalue weighted by atomic mass is 10.2. The summed E-state index contributed by atoms with van der Waals surface area (Å²) < 4.78 is 66.4. The Morgan fingerprint density at radius 1 is 1.29 bits per heavy atom. The second-order valence-electron chi connectivity index (χ2n) is 5.95. The number of nitrogens with one attached hydrogen (secondary N) is 1. The van der Waals surface area contributed by atoms with Crippen LogP contribution in [0.15, 0.2) is 34.5 Å². The van der Waals surface area contributed by atoms with Crippen molar-refractivity contribution in [3.8, 4) is 11.5 Å². The van der Waals surface area contributed by atoms with E-state index in [1.54, 1.807) is 0 Å². The highest BCUT2D eigenvalue weighted by atomic mass is 32.2. The highest BCUT2D eigenvalue weighted by Crippen LogP contribution is 2.30. The van der Waals surface area contributed by atoms with Crippen LogP contribution in [-0.4, -0.2) is 34.2 Å². The summed E-state index contributed by atoms with van der Waals surface area (Å²) in [6.07, 6.45) is 1.55. The minimum absolute atomic E-state index is 0.0298. The zero-order valence-corrected chi connectivity index (χ0v) is 16.3. The molecule has 1 N–H and O–H groups in total. The molecule has 0 atom stereocenters. The minimum atomic E-state index is -3.79. The second-order valence-corrected chi connectivity index (χ2v) is 8.55. The summed E-state index contributed by atoms with van der Waals surface area (Å²) in [4.78, 5) is 12.2. The van der Waals surface area contributed by atoms with E-state index >= 15 is 0 Å². The summed E-state index contributed by atoms with van der Waals surface area (Å²) in [5.41, 5.74) is 0.462. The van der Waals surface area contributed by atoms with Crippen molar-refractivity contribution in [2.45, 2.75) is 37.0 Å². The molecule has 0 radical (unpaired) electrons. The average molecular weight is 433 g/mol. The fraction of sp³-hybridized carbons (Fsp3) is 0.353. The molecule has 7 nitrogen and oxygen atoms in total. The van der Waals surface area contributed by atoms with E-state index in [-0.39, 0.29) is 33.9 Å². The van der Waals surface area contributed by atoms with E-state index in [1.165, 1.54) is 36.8 Å². The lowest BCUT2D eigenvalue weighted by molar-refractivity contribution is -0.0512. The number of rotatable bonds is 9. The lowest BCUT2D eigenvalue weighted by Gasteiger charge is -2.12. The van der Waals surface area contributed by atoms with Crippen LogP contribution in [0.2, 0.25) is 0 Å². The van der Waals surface area contributed by atoms with E-state index < -0.39 is 22.6 Å². The Morgan fingerprint density at radius 2 is 2.04 bits per heavy atom. The number of thiophene rings is 1. The fourth-order valence-corrected chi connectivity index (χ4v) is 4.97. The monoisotopic (exact) mass is 433 g/mol. The highest BCUT2D eigenvalue weighted by molar-refractivity contribution is 7.89. The average Bonchev–Trinajstić information content (AvgIpc) is 3.29. The molecule has 0 unspecified atom stereocenters. The van der Waals surface area contributed by atoms with Gasteiger partial charge in [0.25, 0.3) is 0 Å². The van der Waals surface area contributed by atoms with Crippen LogP contribution < -0.4 is 14.2 Å². The number of halogens is 2. The van der Waals surface area contributed by atoms with Crippen LogP contribution in [0.3, 0.4) is 0 Å². The number of esters is 1. The normalized spacial score (nSPS) is 14.1. The molecule has 0 aliphatic heterocycles. The Kier molecular flexibility index (Phi) is 6.16. The van der Waals surface area contributed by atoms with Gasteiger partial charge in [-0.3, -0.25) is 0 Å². The number of benzene rings is 1. The maximum Gasteiger partial charge on any atom is 0.387 e. The van der Waals surface area contributed by atoms with Crippen molar-refractivity contribution in [3.05, 3.63) is 40.1 Å². The van der Waals surface area contributed by atoms with E-state index in [0.717, 1.165) is 24.2 Å². The first-order chi connectivity index (χ1) is 13.3. The predicted octanol–water partition coefficient (Wildman–Crippen LogP) is 3.16. The van der Waals surface area contributed by atoms with Crippen LogP contribution in [0.1, 0.15) is 28.1 Å². The SMILES string of the molecule is COc1cc(COC(=O)c2sccc2S(=O)(=O)NC2CC2)ccc1OC(F)F. The Hall–Kier alpha value is -2.24. The van der Waals surface area contributed by atoms with Crippen molar-refractivity contribution in [2.75, 3.05) is 7.11 Å². The standard InChI is InChI=1S/C17H17F2NO6S2/c1-24-13-8-10(2-5-12(13)26-17(18)19)9-25-16(21)15-14(6-7-27-15)28(22,23)20-11-3-4-11/h2,5-8,11,17,20H,3-4,9H2,1H3. The number of carbonyl (C=O) groups excluding carboxylic acids is 1. The van der Waals surface area contributed by atoms with Crippen molar-refractivity contribution in [1.82, 2.24) is 4.72 Å². The van der Waals surface area contributed by atoms with Crippen LogP contribution in [0.5, 0.6) is 11.5 Å². The number of carbonyl (C=O) groups is 1. The first kappa shape index (κ1) is 20.5. The number of methoxy groups -OCH3 is 1. The first-order valence-corrected chi connectivity index (χ1v) is 10.5. The third-order valence-electron chi connectivity index (χ3n) is 3.82. The molecule has 0 amide bonds. The number of sulfonamides is 1. The third kappa shape index (κ3) is 4.97. The van der Waals surface area contributed by atoms with Crippen LogP contribution in [0.4, 0.5) is 8.78 Å². The summed E-state index contributed by atoms with van der Waals surface area (Å²) >= 11 is 0.962. The summed E-state index contributed by atoms with van der Waals surface area (Å²) in [6.45, 7) is -3.20. The maximum atomic E-state index is 12.4. The molecule has 1 aromatic heterocycles. The first-order valence-electron chi connectivity index (χ1n) is 8.19. The van der Waals surface area contributed by atoms with Crippen molar-refractivity contribution in [3.63, 3.8) is 0 Å². The summed E-state index contributed by atoms with van der Waals surface area (Å²) in [7, 11) is -2.50. The number of hydrogen-bond donors (Lipinski definition) is 1. The van der Waals surface area contributed by atoms with Gasteiger partial charge in [0.05, 0.1) is 7.11 Å². The Morgan fingerprint density at radius 3 is 2.68 bits per heavy atom. The van der Waals surface area contributed by atoms with Gasteiger partial charge in [-0.25, -0.2) is 17.9 Å². The van der Waals surface area contributed by atoms with E-state index in [1.807, 2.05) is 0 Å². The molecule has 3 rings (SSSR count). The van der Waals surface area contributed by atoms with Crippen LogP contribution in [-0.2, 0) is 21.4 Å². The molecule has 0 saturated heterocycles. The third-order valence-corrected chi connectivity index (χ3v) is 6.40. The zero-order valence-electron chi connectivity index (χ0n) is 14.7. The van der Waals surface area contributed by atoms with Gasteiger partial charge >= 0.3 is 12.6 Å². The molecule has 1 aromatic carbocycles. The van der Waals surface area contributed by atoms with Gasteiger partial charge in [0, 0.05) is 6.04 Å². The number of hydrogen-bond acceptors (Lipinski definition) is 7. The molecule has 0 spiro atoms. The van der Waals surface area contributed by atoms with E-state index in [4.69, 9.17) is 9.47 Å². The molecular weight excluding hydrogens is 416 g/mol. The largest absolute Gasteiger partial charge is 0.493 e. The molecule has 2 aromatic rings. The molecule has 1 saturated carbocycles. The number of ether oxygens (including phenoxy) is 3. The Balaban J connectivity index is 1.69. The van der Waals surface area contributed by atoms with Gasteiger partial charge in [0.15, 0.2) is 11.5 Å². The maximum absolute atomic E-state index is 12.4. The number of alkyl halides is 2. The van der Waals surface area contributed by atoms with Gasteiger partial charge in [-0.05, 0) is 42.0 Å². The van der Waals surface area contributed by atoms with Crippen molar-refractivity contribution < 1.29 is 36.2 Å². The zero-order chi connectivity index (χ0) is 20.3. The predicted molar refractivity (Wildman–Crippen MR) is 96.4 cm³/mol. The molecular formula is C17H17F2NO6S2. The molecule has 0 bridgehead atoms. The van der Waals surface area contributed by atoms with Gasteiger partial charge in [-0.15, -0.1) is 11.3 Å². The van der Waals surface area contributed by atoms with Gasteiger partial charge in [-0.2, -0.15) is 8.78 Å². The highest BCUT2D eigenvalue weighted by Gasteiger charge is 2.31. The minimum Gasteiger partial charge on any atom is -0.493 e. The molecule has 152 valence electrons. The molecule has 1 heterocycles. The topological polar surface area (TPSA) is 90.9 Å².